The molecule has 1 aromatic carbocycles. The van der Waals surface area contributed by atoms with Gasteiger partial charge in [0, 0.05) is 12.1 Å². The number of ether oxygens (including phenoxy) is 2. The minimum Gasteiger partial charge on any atom is -0.482 e. The number of aryl methyl sites for hydroxylation is 1. The lowest BCUT2D eigenvalue weighted by Gasteiger charge is -2.08. The Bertz CT molecular complexity index is 1090. The number of rotatable bonds is 10. The maximum absolute atomic E-state index is 13.0. The van der Waals surface area contributed by atoms with E-state index in [2.05, 4.69) is 16.4 Å². The van der Waals surface area contributed by atoms with Crippen LogP contribution < -0.4 is 9.46 Å². The largest absolute Gasteiger partial charge is 0.482 e. The van der Waals surface area contributed by atoms with E-state index in [0.29, 0.717) is 17.1 Å². The first-order valence-electron chi connectivity index (χ1n) is 10.2. The SMILES string of the molecule is CCCc1cc(S(=O)(=O)NCCc2ccc(OCC(=O)OC)cc2)c2cccccc1-2. The lowest BCUT2D eigenvalue weighted by atomic mass is 10.1. The average molecular weight is 442 g/mol. The van der Waals surface area contributed by atoms with Crippen molar-refractivity contribution in [3.63, 3.8) is 0 Å². The van der Waals surface area contributed by atoms with Crippen LogP contribution in [0.15, 0.2) is 65.6 Å². The Morgan fingerprint density at radius 2 is 1.68 bits per heavy atom. The van der Waals surface area contributed by atoms with Crippen molar-refractivity contribution in [3.8, 4) is 16.9 Å². The predicted molar refractivity (Wildman–Crippen MR) is 120 cm³/mol. The highest BCUT2D eigenvalue weighted by molar-refractivity contribution is 7.89. The number of hydrogen-bond acceptors (Lipinski definition) is 5. The molecule has 1 aromatic rings. The van der Waals surface area contributed by atoms with E-state index >= 15 is 0 Å². The van der Waals surface area contributed by atoms with Gasteiger partial charge in [-0.3, -0.25) is 0 Å². The van der Waals surface area contributed by atoms with Gasteiger partial charge in [0.25, 0.3) is 0 Å². The monoisotopic (exact) mass is 441 g/mol. The summed E-state index contributed by atoms with van der Waals surface area (Å²) in [6.45, 7) is 2.21. The summed E-state index contributed by atoms with van der Waals surface area (Å²) in [6.07, 6.45) is 2.31. The quantitative estimate of drug-likeness (QED) is 0.484. The highest BCUT2D eigenvalue weighted by Gasteiger charge is 2.23. The molecule has 31 heavy (non-hydrogen) atoms. The summed E-state index contributed by atoms with van der Waals surface area (Å²) in [6, 6.07) is 18.5. The molecule has 0 bridgehead atoms. The van der Waals surface area contributed by atoms with E-state index in [-0.39, 0.29) is 13.2 Å². The fourth-order valence-corrected chi connectivity index (χ4v) is 4.71. The predicted octanol–water partition coefficient (Wildman–Crippen LogP) is 3.82. The highest BCUT2D eigenvalue weighted by Crippen LogP contribution is 2.35. The standard InChI is InChI=1S/C24H27NO5S/c1-3-7-19-16-23(22-9-6-4-5-8-21(19)22)31(27,28)25-15-14-18-10-12-20(13-11-18)30-17-24(26)29-2/h4-6,8-13,16,25H,3,7,14-15,17H2,1-2H3. The van der Waals surface area contributed by atoms with E-state index in [1.54, 1.807) is 18.2 Å². The van der Waals surface area contributed by atoms with E-state index in [1.807, 2.05) is 42.5 Å². The third-order valence-corrected chi connectivity index (χ3v) is 6.48. The van der Waals surface area contributed by atoms with Crippen LogP contribution in [0.1, 0.15) is 24.5 Å². The summed E-state index contributed by atoms with van der Waals surface area (Å²) in [5.74, 6) is 0.100. The molecule has 2 aliphatic rings. The molecule has 0 heterocycles. The molecule has 0 saturated carbocycles. The first kappa shape index (κ1) is 22.8. The topological polar surface area (TPSA) is 81.7 Å². The van der Waals surface area contributed by atoms with Crippen LogP contribution in [0.2, 0.25) is 0 Å². The van der Waals surface area contributed by atoms with Crippen molar-refractivity contribution >= 4 is 16.0 Å². The van der Waals surface area contributed by atoms with Crippen LogP contribution in [0.25, 0.3) is 11.1 Å². The summed E-state index contributed by atoms with van der Waals surface area (Å²) < 4.78 is 38.6. The number of nitrogens with one attached hydrogen (secondary N) is 1. The van der Waals surface area contributed by atoms with Gasteiger partial charge in [0.05, 0.1) is 12.0 Å². The third-order valence-electron chi connectivity index (χ3n) is 4.98. The number of fused-ring (bicyclic) bond motifs is 1. The summed E-state index contributed by atoms with van der Waals surface area (Å²) in [5.41, 5.74) is 3.73. The Kier molecular flexibility index (Phi) is 7.65. The van der Waals surface area contributed by atoms with Gasteiger partial charge in [0.1, 0.15) is 5.75 Å². The molecule has 0 aromatic heterocycles. The molecule has 6 nitrogen and oxygen atoms in total. The van der Waals surface area contributed by atoms with Crippen LogP contribution in [0, 0.1) is 0 Å². The first-order chi connectivity index (χ1) is 14.9. The molecule has 0 radical (unpaired) electrons. The van der Waals surface area contributed by atoms with E-state index in [9.17, 15) is 13.2 Å². The zero-order valence-corrected chi connectivity index (χ0v) is 18.6. The second-order valence-electron chi connectivity index (χ2n) is 7.18. The molecule has 0 saturated heterocycles. The fourth-order valence-electron chi connectivity index (χ4n) is 3.42. The minimum absolute atomic E-state index is 0.152. The second kappa shape index (κ2) is 10.4. The molecule has 3 rings (SSSR count). The van der Waals surface area contributed by atoms with Crippen LogP contribution in [-0.2, 0) is 32.4 Å². The molecule has 2 aliphatic carbocycles. The zero-order chi connectivity index (χ0) is 22.3. The number of sulfonamides is 1. The van der Waals surface area contributed by atoms with Crippen LogP contribution in [0.5, 0.6) is 5.75 Å². The Hall–Kier alpha value is -2.90. The first-order valence-corrected chi connectivity index (χ1v) is 11.7. The number of carbonyl (C=O) groups is 1. The Labute approximate surface area is 183 Å². The normalized spacial score (nSPS) is 11.4. The maximum Gasteiger partial charge on any atom is 0.343 e. The summed E-state index contributed by atoms with van der Waals surface area (Å²) >= 11 is 0. The van der Waals surface area contributed by atoms with Gasteiger partial charge in [0.2, 0.25) is 10.0 Å². The van der Waals surface area contributed by atoms with Gasteiger partial charge in [-0.05, 0) is 47.7 Å². The van der Waals surface area contributed by atoms with Gasteiger partial charge in [-0.25, -0.2) is 17.9 Å². The van der Waals surface area contributed by atoms with Crippen LogP contribution in [0.3, 0.4) is 0 Å². The molecule has 164 valence electrons. The van der Waals surface area contributed by atoms with Crippen molar-refractivity contribution in [3.05, 3.63) is 71.8 Å². The second-order valence-corrected chi connectivity index (χ2v) is 8.91. The lowest BCUT2D eigenvalue weighted by Crippen LogP contribution is -2.26. The smallest absolute Gasteiger partial charge is 0.343 e. The van der Waals surface area contributed by atoms with Gasteiger partial charge >= 0.3 is 5.97 Å². The summed E-state index contributed by atoms with van der Waals surface area (Å²) in [7, 11) is -2.34. The Balaban J connectivity index is 1.65. The number of benzene rings is 1. The van der Waals surface area contributed by atoms with Crippen molar-refractivity contribution in [1.82, 2.24) is 4.72 Å². The summed E-state index contributed by atoms with van der Waals surface area (Å²) in [5, 5.41) is 0. The van der Waals surface area contributed by atoms with Crippen molar-refractivity contribution in [1.29, 1.82) is 0 Å². The molecule has 0 spiro atoms. The van der Waals surface area contributed by atoms with Gasteiger partial charge in [-0.15, -0.1) is 0 Å². The molecule has 0 atom stereocenters. The Morgan fingerprint density at radius 3 is 2.35 bits per heavy atom. The van der Waals surface area contributed by atoms with Gasteiger partial charge < -0.3 is 9.47 Å². The molecular formula is C24H27NO5S. The van der Waals surface area contributed by atoms with Gasteiger partial charge in [-0.2, -0.15) is 0 Å². The van der Waals surface area contributed by atoms with E-state index in [4.69, 9.17) is 4.74 Å². The summed E-state index contributed by atoms with van der Waals surface area (Å²) in [4.78, 5) is 11.5. The zero-order valence-electron chi connectivity index (χ0n) is 17.8. The maximum atomic E-state index is 13.0. The molecule has 7 heteroatoms. The van der Waals surface area contributed by atoms with E-state index in [1.165, 1.54) is 7.11 Å². The number of hydrogen-bond donors (Lipinski definition) is 1. The molecule has 0 amide bonds. The van der Waals surface area contributed by atoms with Crippen LogP contribution >= 0.6 is 0 Å². The number of carbonyl (C=O) groups excluding carboxylic acids is 1. The number of methoxy groups -OCH3 is 1. The van der Waals surface area contributed by atoms with Crippen molar-refractivity contribution in [2.75, 3.05) is 20.3 Å². The Morgan fingerprint density at radius 1 is 0.968 bits per heavy atom. The van der Waals surface area contributed by atoms with Crippen molar-refractivity contribution in [2.45, 2.75) is 31.1 Å². The highest BCUT2D eigenvalue weighted by atomic mass is 32.2. The van der Waals surface area contributed by atoms with Crippen LogP contribution in [-0.4, -0.2) is 34.6 Å². The molecular weight excluding hydrogens is 414 g/mol. The molecule has 0 aliphatic heterocycles. The minimum atomic E-state index is -3.64. The third kappa shape index (κ3) is 5.83. The number of esters is 1. The molecule has 0 fully saturated rings. The molecule has 0 unspecified atom stereocenters. The average Bonchev–Trinajstić information content (AvgIpc) is 2.94. The van der Waals surface area contributed by atoms with E-state index < -0.39 is 16.0 Å². The lowest BCUT2D eigenvalue weighted by molar-refractivity contribution is -0.142. The van der Waals surface area contributed by atoms with Gasteiger partial charge in [0.15, 0.2) is 6.61 Å². The molecule has 1 N–H and O–H groups in total. The fraction of sp³-hybridized carbons (Fsp3) is 0.292. The van der Waals surface area contributed by atoms with Crippen molar-refractivity contribution < 1.29 is 22.7 Å². The van der Waals surface area contributed by atoms with Gasteiger partial charge in [-0.1, -0.05) is 55.8 Å². The van der Waals surface area contributed by atoms with Crippen molar-refractivity contribution in [2.24, 2.45) is 0 Å². The van der Waals surface area contributed by atoms with E-state index in [0.717, 1.165) is 35.1 Å². The van der Waals surface area contributed by atoms with Crippen LogP contribution in [0.4, 0.5) is 0 Å².